The number of benzene rings is 1. The highest BCUT2D eigenvalue weighted by Gasteiger charge is 2.03. The lowest BCUT2D eigenvalue weighted by molar-refractivity contribution is -0.116. The number of rotatable bonds is 10. The van der Waals surface area contributed by atoms with Gasteiger partial charge in [-0.05, 0) is 43.0 Å². The Morgan fingerprint density at radius 2 is 2.17 bits per heavy atom. The van der Waals surface area contributed by atoms with Gasteiger partial charge in [0.1, 0.15) is 5.75 Å². The molecule has 5 nitrogen and oxygen atoms in total. The minimum atomic E-state index is -0.125. The van der Waals surface area contributed by atoms with Crippen LogP contribution < -0.4 is 15.8 Å². The van der Waals surface area contributed by atoms with Gasteiger partial charge in [-0.15, -0.1) is 0 Å². The van der Waals surface area contributed by atoms with Gasteiger partial charge in [-0.25, -0.2) is 0 Å². The summed E-state index contributed by atoms with van der Waals surface area (Å²) in [5.74, 6) is 0.997. The maximum absolute atomic E-state index is 11.7. The molecule has 0 fully saturated rings. The Morgan fingerprint density at radius 1 is 1.39 bits per heavy atom. The van der Waals surface area contributed by atoms with Crippen molar-refractivity contribution in [2.75, 3.05) is 32.1 Å². The molecule has 5 heteroatoms. The molecule has 0 aliphatic carbocycles. The third-order valence-electron chi connectivity index (χ3n) is 3.00. The highest BCUT2D eigenvalue weighted by Crippen LogP contribution is 2.23. The van der Waals surface area contributed by atoms with E-state index in [9.17, 15) is 4.79 Å². The van der Waals surface area contributed by atoms with E-state index in [1.807, 2.05) is 19.1 Å². The van der Waals surface area contributed by atoms with Crippen LogP contribution in [0.1, 0.15) is 32.8 Å². The molecule has 3 N–H and O–H groups in total. The topological polar surface area (TPSA) is 73.6 Å². The van der Waals surface area contributed by atoms with Crippen LogP contribution in [0.25, 0.3) is 6.08 Å². The Kier molecular flexibility index (Phi) is 8.83. The first kappa shape index (κ1) is 19.0. The molecule has 1 rings (SSSR count). The van der Waals surface area contributed by atoms with E-state index in [1.54, 1.807) is 12.1 Å². The number of anilines is 1. The maximum atomic E-state index is 11.7. The lowest BCUT2D eigenvalue weighted by Gasteiger charge is -2.11. The zero-order valence-corrected chi connectivity index (χ0v) is 14.3. The Hall–Kier alpha value is -2.01. The molecule has 0 aromatic heterocycles. The molecular formula is C18H28N2O3. The molecule has 0 saturated carbocycles. The van der Waals surface area contributed by atoms with Crippen LogP contribution in [0, 0.1) is 5.92 Å². The van der Waals surface area contributed by atoms with Gasteiger partial charge in [-0.2, -0.15) is 0 Å². The molecule has 23 heavy (non-hydrogen) atoms. The van der Waals surface area contributed by atoms with Crippen molar-refractivity contribution in [2.45, 2.75) is 27.2 Å². The molecule has 0 aliphatic rings. The van der Waals surface area contributed by atoms with Crippen molar-refractivity contribution < 1.29 is 14.3 Å². The Balaban J connectivity index is 2.44. The third kappa shape index (κ3) is 8.26. The van der Waals surface area contributed by atoms with Gasteiger partial charge >= 0.3 is 0 Å². The summed E-state index contributed by atoms with van der Waals surface area (Å²) in [6, 6.07) is 5.51. The predicted molar refractivity (Wildman–Crippen MR) is 94.3 cm³/mol. The second-order valence-electron chi connectivity index (χ2n) is 5.68. The molecule has 0 saturated heterocycles. The number of amides is 1. The lowest BCUT2D eigenvalue weighted by atomic mass is 10.1. The summed E-state index contributed by atoms with van der Waals surface area (Å²) in [7, 11) is 0. The zero-order chi connectivity index (χ0) is 17.1. The van der Waals surface area contributed by atoms with E-state index in [1.165, 1.54) is 6.08 Å². The quantitative estimate of drug-likeness (QED) is 0.395. The van der Waals surface area contributed by atoms with Crippen molar-refractivity contribution in [1.29, 1.82) is 0 Å². The summed E-state index contributed by atoms with van der Waals surface area (Å²) >= 11 is 0. The van der Waals surface area contributed by atoms with Crippen molar-refractivity contribution >= 4 is 17.7 Å². The van der Waals surface area contributed by atoms with E-state index >= 15 is 0 Å². The summed E-state index contributed by atoms with van der Waals surface area (Å²) in [4.78, 5) is 11.7. The summed E-state index contributed by atoms with van der Waals surface area (Å²) in [5, 5.41) is 2.81. The average Bonchev–Trinajstić information content (AvgIpc) is 2.51. The van der Waals surface area contributed by atoms with Crippen LogP contribution in [0.3, 0.4) is 0 Å². The van der Waals surface area contributed by atoms with Gasteiger partial charge in [-0.1, -0.05) is 19.9 Å². The summed E-state index contributed by atoms with van der Waals surface area (Å²) in [6.07, 6.45) is 4.05. The number of carbonyl (C=O) groups is 1. The van der Waals surface area contributed by atoms with E-state index in [4.69, 9.17) is 15.2 Å². The number of hydrogen-bond donors (Lipinski definition) is 2. The molecule has 1 aromatic rings. The standard InChI is InChI=1S/C18H28N2O3/c1-4-22-11-5-10-20-18(21)9-7-15-6-8-17(16(19)12-15)23-13-14(2)3/h6-9,12,14H,4-5,10-11,13,19H2,1-3H3,(H,20,21)/b9-7-. The smallest absolute Gasteiger partial charge is 0.244 e. The van der Waals surface area contributed by atoms with Crippen molar-refractivity contribution in [3.63, 3.8) is 0 Å². The van der Waals surface area contributed by atoms with Gasteiger partial charge in [0.2, 0.25) is 5.91 Å². The highest BCUT2D eigenvalue weighted by molar-refractivity contribution is 5.91. The number of ether oxygens (including phenoxy) is 2. The first-order valence-electron chi connectivity index (χ1n) is 8.09. The number of nitrogens with one attached hydrogen (secondary N) is 1. The van der Waals surface area contributed by atoms with Crippen molar-refractivity contribution in [3.8, 4) is 5.75 Å². The van der Waals surface area contributed by atoms with Crippen molar-refractivity contribution in [2.24, 2.45) is 5.92 Å². The first-order chi connectivity index (χ1) is 11.0. The van der Waals surface area contributed by atoms with E-state index < -0.39 is 0 Å². The number of hydrogen-bond acceptors (Lipinski definition) is 4. The van der Waals surface area contributed by atoms with Crippen LogP contribution >= 0.6 is 0 Å². The normalized spacial score (nSPS) is 11.1. The zero-order valence-electron chi connectivity index (χ0n) is 14.3. The molecule has 0 radical (unpaired) electrons. The summed E-state index contributed by atoms with van der Waals surface area (Å²) in [5.41, 5.74) is 7.41. The summed E-state index contributed by atoms with van der Waals surface area (Å²) in [6.45, 7) is 8.71. The summed E-state index contributed by atoms with van der Waals surface area (Å²) < 4.78 is 10.8. The Labute approximate surface area is 138 Å². The van der Waals surface area contributed by atoms with Crippen LogP contribution in [0.15, 0.2) is 24.3 Å². The molecule has 0 unspecified atom stereocenters. The van der Waals surface area contributed by atoms with Gasteiger partial charge in [-0.3, -0.25) is 4.79 Å². The molecule has 1 aromatic carbocycles. The van der Waals surface area contributed by atoms with Crippen LogP contribution in [0.4, 0.5) is 5.69 Å². The van der Waals surface area contributed by atoms with Crippen LogP contribution in [0.5, 0.6) is 5.75 Å². The minimum Gasteiger partial charge on any atom is -0.491 e. The van der Waals surface area contributed by atoms with Crippen LogP contribution in [-0.2, 0) is 9.53 Å². The van der Waals surface area contributed by atoms with Crippen molar-refractivity contribution in [3.05, 3.63) is 29.8 Å². The van der Waals surface area contributed by atoms with E-state index in [0.29, 0.717) is 43.7 Å². The van der Waals surface area contributed by atoms with Gasteiger partial charge in [0.05, 0.1) is 12.3 Å². The molecule has 128 valence electrons. The van der Waals surface area contributed by atoms with Crippen LogP contribution in [0.2, 0.25) is 0 Å². The van der Waals surface area contributed by atoms with E-state index in [2.05, 4.69) is 19.2 Å². The fourth-order valence-electron chi connectivity index (χ4n) is 1.82. The molecule has 0 aliphatic heterocycles. The monoisotopic (exact) mass is 320 g/mol. The highest BCUT2D eigenvalue weighted by atomic mass is 16.5. The number of carbonyl (C=O) groups excluding carboxylic acids is 1. The predicted octanol–water partition coefficient (Wildman–Crippen LogP) is 2.86. The molecular weight excluding hydrogens is 292 g/mol. The number of nitrogen functional groups attached to an aromatic ring is 1. The minimum absolute atomic E-state index is 0.125. The van der Waals surface area contributed by atoms with E-state index in [-0.39, 0.29) is 5.91 Å². The first-order valence-corrected chi connectivity index (χ1v) is 8.09. The van der Waals surface area contributed by atoms with Gasteiger partial charge < -0.3 is 20.5 Å². The van der Waals surface area contributed by atoms with Crippen LogP contribution in [-0.4, -0.2) is 32.3 Å². The average molecular weight is 320 g/mol. The van der Waals surface area contributed by atoms with Gasteiger partial charge in [0.15, 0.2) is 0 Å². The van der Waals surface area contributed by atoms with Gasteiger partial charge in [0.25, 0.3) is 0 Å². The molecule has 0 atom stereocenters. The largest absolute Gasteiger partial charge is 0.491 e. The second kappa shape index (κ2) is 10.7. The maximum Gasteiger partial charge on any atom is 0.244 e. The second-order valence-corrected chi connectivity index (χ2v) is 5.68. The SMILES string of the molecule is CCOCCCNC(=O)/C=C\c1ccc(OCC(C)C)c(N)c1. The molecule has 1 amide bonds. The fraction of sp³-hybridized carbons (Fsp3) is 0.500. The lowest BCUT2D eigenvalue weighted by Crippen LogP contribution is -2.23. The molecule has 0 bridgehead atoms. The molecule has 0 spiro atoms. The van der Waals surface area contributed by atoms with E-state index in [0.717, 1.165) is 12.0 Å². The van der Waals surface area contributed by atoms with Gasteiger partial charge in [0, 0.05) is 25.8 Å². The number of nitrogens with two attached hydrogens (primary N) is 1. The van der Waals surface area contributed by atoms with Crippen molar-refractivity contribution in [1.82, 2.24) is 5.32 Å². The Bertz CT molecular complexity index is 513. The third-order valence-corrected chi connectivity index (χ3v) is 3.00. The fourth-order valence-corrected chi connectivity index (χ4v) is 1.82. The molecule has 0 heterocycles. The Morgan fingerprint density at radius 3 is 2.83 bits per heavy atom.